The summed E-state index contributed by atoms with van der Waals surface area (Å²) >= 11 is 0. The van der Waals surface area contributed by atoms with Crippen molar-refractivity contribution in [1.29, 1.82) is 5.26 Å². The van der Waals surface area contributed by atoms with Gasteiger partial charge in [0, 0.05) is 21.8 Å². The largest absolute Gasteiger partial charge is 0.355 e. The number of benzene rings is 5. The first kappa shape index (κ1) is 19.1. The molecule has 5 aromatic carbocycles. The molecule has 0 spiro atoms. The first-order valence-electron chi connectivity index (χ1n) is 11.0. The van der Waals surface area contributed by atoms with Crippen LogP contribution in [0.25, 0.3) is 55.2 Å². The quantitative estimate of drug-likeness (QED) is 0.308. The van der Waals surface area contributed by atoms with Crippen LogP contribution in [0.1, 0.15) is 5.56 Å². The van der Waals surface area contributed by atoms with E-state index in [0.717, 1.165) is 27.4 Å². The van der Waals surface area contributed by atoms with Crippen molar-refractivity contribution >= 4 is 21.8 Å². The number of aromatic nitrogens is 1. The zero-order valence-corrected chi connectivity index (χ0v) is 17.9. The predicted octanol–water partition coefficient (Wildman–Crippen LogP) is 8.19. The zero-order chi connectivity index (χ0) is 22.2. The molecule has 0 aliphatic rings. The molecule has 33 heavy (non-hydrogen) atoms. The second kappa shape index (κ2) is 7.82. The van der Waals surface area contributed by atoms with Gasteiger partial charge in [0.1, 0.15) is 0 Å². The van der Waals surface area contributed by atoms with Gasteiger partial charge < -0.3 is 4.98 Å². The van der Waals surface area contributed by atoms with Crippen LogP contribution in [0.2, 0.25) is 0 Å². The second-order valence-corrected chi connectivity index (χ2v) is 8.28. The molecule has 6 aromatic rings. The van der Waals surface area contributed by atoms with Crippen molar-refractivity contribution in [1.82, 2.24) is 4.98 Å². The minimum atomic E-state index is 0.676. The van der Waals surface area contributed by atoms with Crippen LogP contribution in [0.15, 0.2) is 115 Å². The molecule has 0 radical (unpaired) electrons. The number of fused-ring (bicyclic) bond motifs is 3. The molecule has 0 unspecified atom stereocenters. The van der Waals surface area contributed by atoms with Crippen LogP contribution in [0.4, 0.5) is 0 Å². The molecule has 0 aliphatic carbocycles. The summed E-state index contributed by atoms with van der Waals surface area (Å²) < 4.78 is 0. The molecule has 1 aromatic heterocycles. The summed E-state index contributed by atoms with van der Waals surface area (Å²) in [5.41, 5.74) is 9.98. The molecule has 2 heteroatoms. The first-order chi connectivity index (χ1) is 16.3. The van der Waals surface area contributed by atoms with E-state index in [1.807, 2.05) is 24.3 Å². The summed E-state index contributed by atoms with van der Waals surface area (Å²) in [7, 11) is 0. The number of nitrogens with one attached hydrogen (secondary N) is 1. The average molecular weight is 421 g/mol. The van der Waals surface area contributed by atoms with E-state index in [4.69, 9.17) is 0 Å². The lowest BCUT2D eigenvalue weighted by Crippen LogP contribution is -1.83. The summed E-state index contributed by atoms with van der Waals surface area (Å²) in [4.78, 5) is 3.45. The highest BCUT2D eigenvalue weighted by molar-refractivity contribution is 6.09. The topological polar surface area (TPSA) is 39.6 Å². The minimum absolute atomic E-state index is 0.676. The fraction of sp³-hybridized carbons (Fsp3) is 0. The zero-order valence-electron chi connectivity index (χ0n) is 17.9. The molecular formula is C31H20N2. The van der Waals surface area contributed by atoms with Crippen molar-refractivity contribution in [3.63, 3.8) is 0 Å². The van der Waals surface area contributed by atoms with Crippen LogP contribution in [-0.4, -0.2) is 4.98 Å². The molecule has 0 fully saturated rings. The highest BCUT2D eigenvalue weighted by Gasteiger charge is 2.08. The second-order valence-electron chi connectivity index (χ2n) is 8.28. The molecule has 0 aliphatic heterocycles. The molecule has 2 nitrogen and oxygen atoms in total. The van der Waals surface area contributed by atoms with E-state index >= 15 is 0 Å². The molecule has 0 saturated carbocycles. The average Bonchev–Trinajstić information content (AvgIpc) is 3.26. The summed E-state index contributed by atoms with van der Waals surface area (Å²) in [6, 6.07) is 42.4. The smallest absolute Gasteiger partial charge is 0.0991 e. The van der Waals surface area contributed by atoms with Crippen LogP contribution in [0.5, 0.6) is 0 Å². The van der Waals surface area contributed by atoms with E-state index in [0.29, 0.717) is 5.56 Å². The lowest BCUT2D eigenvalue weighted by Gasteiger charge is -2.08. The minimum Gasteiger partial charge on any atom is -0.355 e. The maximum atomic E-state index is 9.30. The van der Waals surface area contributed by atoms with Crippen molar-refractivity contribution in [3.05, 3.63) is 121 Å². The van der Waals surface area contributed by atoms with E-state index < -0.39 is 0 Å². The first-order valence-corrected chi connectivity index (χ1v) is 11.0. The number of rotatable bonds is 3. The third-order valence-electron chi connectivity index (χ3n) is 6.25. The van der Waals surface area contributed by atoms with E-state index in [9.17, 15) is 5.26 Å². The van der Waals surface area contributed by atoms with Gasteiger partial charge in [-0.2, -0.15) is 5.26 Å². The fourth-order valence-electron chi connectivity index (χ4n) is 4.51. The Bertz CT molecular complexity index is 1650. The van der Waals surface area contributed by atoms with Gasteiger partial charge in [-0.15, -0.1) is 0 Å². The monoisotopic (exact) mass is 420 g/mol. The van der Waals surface area contributed by atoms with Gasteiger partial charge in [-0.3, -0.25) is 0 Å². The fourth-order valence-corrected chi connectivity index (χ4v) is 4.51. The molecule has 1 N–H and O–H groups in total. The normalized spacial score (nSPS) is 11.0. The number of nitrogens with zero attached hydrogens (tertiary/aromatic N) is 1. The van der Waals surface area contributed by atoms with Crippen molar-refractivity contribution in [2.45, 2.75) is 0 Å². The lowest BCUT2D eigenvalue weighted by atomic mass is 9.96. The predicted molar refractivity (Wildman–Crippen MR) is 137 cm³/mol. The van der Waals surface area contributed by atoms with Gasteiger partial charge in [0.05, 0.1) is 11.6 Å². The Morgan fingerprint density at radius 2 is 0.970 bits per heavy atom. The van der Waals surface area contributed by atoms with Gasteiger partial charge in [0.15, 0.2) is 0 Å². The van der Waals surface area contributed by atoms with Gasteiger partial charge in [-0.05, 0) is 69.8 Å². The van der Waals surface area contributed by atoms with Gasteiger partial charge >= 0.3 is 0 Å². The van der Waals surface area contributed by atoms with E-state index in [1.54, 1.807) is 0 Å². The number of aromatic amines is 1. The highest BCUT2D eigenvalue weighted by atomic mass is 14.7. The van der Waals surface area contributed by atoms with Crippen molar-refractivity contribution < 1.29 is 0 Å². The molecule has 6 rings (SSSR count). The summed E-state index contributed by atoms with van der Waals surface area (Å²) in [6.45, 7) is 0. The van der Waals surface area contributed by atoms with Crippen LogP contribution in [0, 0.1) is 11.3 Å². The standard InChI is InChI=1S/C31H20N2/c32-20-21-9-15-30-28(17-21)29-19-27(14-16-31(29)33-30)26-8-4-7-25(18-26)24-12-10-23(11-13-24)22-5-2-1-3-6-22/h1-19,33H. The molecular weight excluding hydrogens is 400 g/mol. The Labute approximate surface area is 192 Å². The van der Waals surface area contributed by atoms with Crippen molar-refractivity contribution in [2.75, 3.05) is 0 Å². The van der Waals surface area contributed by atoms with Crippen molar-refractivity contribution in [3.8, 4) is 39.4 Å². The number of hydrogen-bond acceptors (Lipinski definition) is 1. The Kier molecular flexibility index (Phi) is 4.53. The lowest BCUT2D eigenvalue weighted by molar-refractivity contribution is 1.49. The van der Waals surface area contributed by atoms with Crippen molar-refractivity contribution in [2.24, 2.45) is 0 Å². The molecule has 0 bridgehead atoms. The van der Waals surface area contributed by atoms with Crippen LogP contribution in [-0.2, 0) is 0 Å². The van der Waals surface area contributed by atoms with Gasteiger partial charge in [-0.25, -0.2) is 0 Å². The summed E-state index contributed by atoms with van der Waals surface area (Å²) in [6.07, 6.45) is 0. The third-order valence-corrected chi connectivity index (χ3v) is 6.25. The third kappa shape index (κ3) is 3.46. The van der Waals surface area contributed by atoms with Gasteiger partial charge in [0.25, 0.3) is 0 Å². The van der Waals surface area contributed by atoms with Gasteiger partial charge in [0.2, 0.25) is 0 Å². The summed E-state index contributed by atoms with van der Waals surface area (Å²) in [5, 5.41) is 11.5. The molecule has 0 saturated heterocycles. The molecule has 0 amide bonds. The molecule has 1 heterocycles. The maximum absolute atomic E-state index is 9.30. The summed E-state index contributed by atoms with van der Waals surface area (Å²) in [5.74, 6) is 0. The SMILES string of the molecule is N#Cc1ccc2[nH]c3ccc(-c4cccc(-c5ccc(-c6ccccc6)cc5)c4)cc3c2c1. The van der Waals surface area contributed by atoms with Crippen LogP contribution < -0.4 is 0 Å². The Hall–Kier alpha value is -4.61. The maximum Gasteiger partial charge on any atom is 0.0991 e. The van der Waals surface area contributed by atoms with E-state index in [-0.39, 0.29) is 0 Å². The highest BCUT2D eigenvalue weighted by Crippen LogP contribution is 2.33. The number of hydrogen-bond donors (Lipinski definition) is 1. The molecule has 154 valence electrons. The molecule has 0 atom stereocenters. The van der Waals surface area contributed by atoms with E-state index in [2.05, 4.69) is 102 Å². The van der Waals surface area contributed by atoms with Crippen LogP contribution in [0.3, 0.4) is 0 Å². The number of H-pyrrole nitrogens is 1. The Morgan fingerprint density at radius 1 is 0.455 bits per heavy atom. The number of nitriles is 1. The van der Waals surface area contributed by atoms with Gasteiger partial charge in [-0.1, -0.05) is 78.9 Å². The van der Waals surface area contributed by atoms with E-state index in [1.165, 1.54) is 27.8 Å². The van der Waals surface area contributed by atoms with Crippen LogP contribution >= 0.6 is 0 Å². The Balaban J connectivity index is 1.39. The Morgan fingerprint density at radius 3 is 1.70 bits per heavy atom.